The van der Waals surface area contributed by atoms with Crippen molar-refractivity contribution in [3.8, 4) is 0 Å². The molecule has 0 radical (unpaired) electrons. The topological polar surface area (TPSA) is 108 Å². The van der Waals surface area contributed by atoms with Crippen LogP contribution in [-0.4, -0.2) is 74.9 Å². The molecular formula is C46H77NO8P+. The van der Waals surface area contributed by atoms with Crippen molar-refractivity contribution in [2.24, 2.45) is 0 Å². The number of carbonyl (C=O) groups is 2. The molecule has 0 heterocycles. The maximum Gasteiger partial charge on any atom is 0.472 e. The summed E-state index contributed by atoms with van der Waals surface area (Å²) in [5.74, 6) is -0.899. The molecule has 0 fully saturated rings. The van der Waals surface area contributed by atoms with Gasteiger partial charge in [0.15, 0.2) is 6.10 Å². The highest BCUT2D eigenvalue weighted by Crippen LogP contribution is 2.43. The van der Waals surface area contributed by atoms with Crippen LogP contribution >= 0.6 is 7.82 Å². The average molecular weight is 803 g/mol. The van der Waals surface area contributed by atoms with Gasteiger partial charge in [0, 0.05) is 12.8 Å². The summed E-state index contributed by atoms with van der Waals surface area (Å²) in [6, 6.07) is 0. The molecule has 0 saturated heterocycles. The van der Waals surface area contributed by atoms with Gasteiger partial charge in [0.2, 0.25) is 0 Å². The van der Waals surface area contributed by atoms with Crippen molar-refractivity contribution in [3.63, 3.8) is 0 Å². The lowest BCUT2D eigenvalue weighted by atomic mass is 10.1. The predicted molar refractivity (Wildman–Crippen MR) is 233 cm³/mol. The van der Waals surface area contributed by atoms with Crippen molar-refractivity contribution in [2.45, 2.75) is 136 Å². The first-order chi connectivity index (χ1) is 27.0. The maximum absolute atomic E-state index is 12.7. The summed E-state index contributed by atoms with van der Waals surface area (Å²) in [5, 5.41) is 0. The number of hydrogen-bond acceptors (Lipinski definition) is 7. The molecule has 0 aliphatic heterocycles. The minimum Gasteiger partial charge on any atom is -0.462 e. The summed E-state index contributed by atoms with van der Waals surface area (Å²) in [7, 11) is 1.41. The Morgan fingerprint density at radius 3 is 1.48 bits per heavy atom. The monoisotopic (exact) mass is 803 g/mol. The third-order valence-electron chi connectivity index (χ3n) is 8.11. The Labute approximate surface area is 341 Å². The van der Waals surface area contributed by atoms with Crippen molar-refractivity contribution < 1.29 is 42.1 Å². The number of hydrogen-bond donors (Lipinski definition) is 1. The van der Waals surface area contributed by atoms with Crippen LogP contribution in [0.2, 0.25) is 0 Å². The van der Waals surface area contributed by atoms with Gasteiger partial charge >= 0.3 is 19.8 Å². The van der Waals surface area contributed by atoms with Crippen LogP contribution in [0.1, 0.15) is 129 Å². The number of esters is 2. The number of likely N-dealkylation sites (N-methyl/N-ethyl adjacent to an activating group) is 1. The first-order valence-electron chi connectivity index (χ1n) is 21.0. The number of phosphoric ester groups is 1. The van der Waals surface area contributed by atoms with Crippen molar-refractivity contribution in [2.75, 3.05) is 47.5 Å². The molecule has 318 valence electrons. The second kappa shape index (κ2) is 37.5. The van der Waals surface area contributed by atoms with E-state index in [-0.39, 0.29) is 26.1 Å². The van der Waals surface area contributed by atoms with E-state index in [1.165, 1.54) is 0 Å². The summed E-state index contributed by atoms with van der Waals surface area (Å²) in [6.45, 7) is 4.07. The van der Waals surface area contributed by atoms with Crippen molar-refractivity contribution in [1.29, 1.82) is 0 Å². The summed E-state index contributed by atoms with van der Waals surface area (Å²) in [6.07, 6.45) is 48.9. The van der Waals surface area contributed by atoms with Gasteiger partial charge in [-0.05, 0) is 83.5 Å². The third-order valence-corrected chi connectivity index (χ3v) is 9.09. The molecule has 0 aliphatic carbocycles. The quantitative estimate of drug-likeness (QED) is 0.0219. The number of ether oxygens (including phenoxy) is 2. The predicted octanol–water partition coefficient (Wildman–Crippen LogP) is 11.8. The van der Waals surface area contributed by atoms with Crippen molar-refractivity contribution in [3.05, 3.63) is 97.2 Å². The Morgan fingerprint density at radius 1 is 0.554 bits per heavy atom. The molecule has 1 N–H and O–H groups in total. The molecule has 0 aromatic carbocycles. The summed E-state index contributed by atoms with van der Waals surface area (Å²) >= 11 is 0. The van der Waals surface area contributed by atoms with E-state index in [0.29, 0.717) is 30.3 Å². The molecule has 0 aliphatic rings. The number of nitrogens with zero attached hydrogens (tertiary/aromatic N) is 1. The number of allylic oxidation sites excluding steroid dienone is 16. The van der Waals surface area contributed by atoms with Crippen molar-refractivity contribution >= 4 is 19.8 Å². The normalized spacial score (nSPS) is 14.6. The summed E-state index contributed by atoms with van der Waals surface area (Å²) < 4.78 is 34.2. The zero-order valence-electron chi connectivity index (χ0n) is 35.6. The highest BCUT2D eigenvalue weighted by Gasteiger charge is 2.27. The standard InChI is InChI=1S/C46H76NO8P/c1-6-8-10-12-14-16-18-20-22-23-25-27-29-31-33-35-37-39-46(49)55-44(43-54-56(50,51)53-41-40-47(3,4)5)42-52-45(48)38-36-34-32-30-28-26-24-21-19-17-15-13-11-9-7-2/h8-11,14-17,20-22,24-25,27,31,33,44H,6-7,12-13,18-19,23,26,28-30,32,34-43H2,1-5H3/p+1/b10-8-,11-9-,16-14-,17-15-,22-20-,24-21-,27-25-,33-31-/t44-/m1/s1. The maximum atomic E-state index is 12.7. The first kappa shape index (κ1) is 52.9. The number of quaternary nitrogens is 1. The van der Waals surface area contributed by atoms with Crippen LogP contribution in [0.4, 0.5) is 0 Å². The second-order valence-corrected chi connectivity index (χ2v) is 16.1. The fourth-order valence-electron chi connectivity index (χ4n) is 4.88. The number of carbonyl (C=O) groups excluding carboxylic acids is 2. The number of phosphoric acid groups is 1. The molecule has 0 rings (SSSR count). The Morgan fingerprint density at radius 2 is 0.982 bits per heavy atom. The van der Waals surface area contributed by atoms with Gasteiger partial charge in [0.1, 0.15) is 19.8 Å². The van der Waals surface area contributed by atoms with E-state index in [1.54, 1.807) is 0 Å². The Hall–Kier alpha value is -3.07. The zero-order valence-corrected chi connectivity index (χ0v) is 36.5. The fourth-order valence-corrected chi connectivity index (χ4v) is 5.63. The molecule has 0 aromatic heterocycles. The van der Waals surface area contributed by atoms with E-state index >= 15 is 0 Å². The zero-order chi connectivity index (χ0) is 41.4. The molecule has 1 unspecified atom stereocenters. The Bertz CT molecular complexity index is 1270. The molecule has 2 atom stereocenters. The lowest BCUT2D eigenvalue weighted by Gasteiger charge is -2.24. The van der Waals surface area contributed by atoms with Gasteiger partial charge in [0.25, 0.3) is 0 Å². The van der Waals surface area contributed by atoms with Crippen LogP contribution in [0.5, 0.6) is 0 Å². The van der Waals surface area contributed by atoms with Gasteiger partial charge in [-0.3, -0.25) is 18.6 Å². The molecule has 56 heavy (non-hydrogen) atoms. The van der Waals surface area contributed by atoms with Crippen LogP contribution in [0.25, 0.3) is 0 Å². The first-order valence-corrected chi connectivity index (χ1v) is 22.5. The van der Waals surface area contributed by atoms with Gasteiger partial charge in [0.05, 0.1) is 27.7 Å². The number of unbranched alkanes of at least 4 members (excludes halogenated alkanes) is 6. The van der Waals surface area contributed by atoms with Crippen LogP contribution in [0, 0.1) is 0 Å². The van der Waals surface area contributed by atoms with Gasteiger partial charge in [-0.2, -0.15) is 0 Å². The minimum atomic E-state index is -4.40. The van der Waals surface area contributed by atoms with E-state index in [0.717, 1.165) is 83.5 Å². The Kier molecular flexibility index (Phi) is 35.4. The second-order valence-electron chi connectivity index (χ2n) is 14.6. The summed E-state index contributed by atoms with van der Waals surface area (Å²) in [4.78, 5) is 35.3. The van der Waals surface area contributed by atoms with Gasteiger partial charge in [-0.15, -0.1) is 0 Å². The lowest BCUT2D eigenvalue weighted by Crippen LogP contribution is -2.37. The van der Waals surface area contributed by atoms with Crippen molar-refractivity contribution in [1.82, 2.24) is 0 Å². The smallest absolute Gasteiger partial charge is 0.462 e. The van der Waals surface area contributed by atoms with Crippen LogP contribution in [-0.2, 0) is 32.7 Å². The molecule has 0 spiro atoms. The van der Waals surface area contributed by atoms with Gasteiger partial charge in [-0.25, -0.2) is 4.57 Å². The molecular weight excluding hydrogens is 725 g/mol. The van der Waals surface area contributed by atoms with E-state index in [1.807, 2.05) is 27.2 Å². The lowest BCUT2D eigenvalue weighted by molar-refractivity contribution is -0.870. The number of rotatable bonds is 36. The fraction of sp³-hybridized carbons (Fsp3) is 0.609. The van der Waals surface area contributed by atoms with E-state index in [9.17, 15) is 19.0 Å². The molecule has 0 aromatic rings. The molecule has 0 saturated carbocycles. The summed E-state index contributed by atoms with van der Waals surface area (Å²) in [5.41, 5.74) is 0. The molecule has 9 nitrogen and oxygen atoms in total. The van der Waals surface area contributed by atoms with E-state index in [2.05, 4.69) is 105 Å². The molecule has 0 amide bonds. The molecule has 0 bridgehead atoms. The van der Waals surface area contributed by atoms with Gasteiger partial charge < -0.3 is 18.9 Å². The van der Waals surface area contributed by atoms with Crippen LogP contribution in [0.3, 0.4) is 0 Å². The largest absolute Gasteiger partial charge is 0.472 e. The SMILES string of the molecule is CC/C=C\C/C=C\C/C=C\C/C=C\C/C=C\CCCC(=O)O[C@H](COC(=O)CCCCCCC/C=C\C/C=C\C/C=C\CC)COP(=O)(O)OCC[N+](C)(C)C. The average Bonchev–Trinajstić information content (AvgIpc) is 3.15. The van der Waals surface area contributed by atoms with Gasteiger partial charge in [-0.1, -0.05) is 130 Å². The highest BCUT2D eigenvalue weighted by atomic mass is 31.2. The van der Waals surface area contributed by atoms with Crippen LogP contribution in [0.15, 0.2) is 97.2 Å². The molecule has 10 heteroatoms. The Balaban J connectivity index is 4.54. The minimum absolute atomic E-state index is 0.0121. The van der Waals surface area contributed by atoms with E-state index in [4.69, 9.17) is 18.5 Å². The van der Waals surface area contributed by atoms with Crippen LogP contribution < -0.4 is 0 Å². The highest BCUT2D eigenvalue weighted by molar-refractivity contribution is 7.47. The van der Waals surface area contributed by atoms with E-state index < -0.39 is 32.5 Å². The third kappa shape index (κ3) is 40.6.